The molecule has 0 aliphatic carbocycles. The third-order valence-electron chi connectivity index (χ3n) is 2.36. The van der Waals surface area contributed by atoms with Crippen LogP contribution < -0.4 is 5.73 Å². The number of ether oxygens (including phenoxy) is 1. The summed E-state index contributed by atoms with van der Waals surface area (Å²) in [5.41, 5.74) is 5.47. The van der Waals surface area contributed by atoms with Crippen LogP contribution in [0, 0.1) is 0 Å². The van der Waals surface area contributed by atoms with Gasteiger partial charge in [-0.15, -0.1) is 0 Å². The molecule has 1 aromatic heterocycles. The molecule has 16 heavy (non-hydrogen) atoms. The Morgan fingerprint density at radius 2 is 2.06 bits per heavy atom. The summed E-state index contributed by atoms with van der Waals surface area (Å²) >= 11 is 0. The summed E-state index contributed by atoms with van der Waals surface area (Å²) in [6, 6.07) is 2.81. The van der Waals surface area contributed by atoms with Gasteiger partial charge in [0.1, 0.15) is 5.82 Å². The van der Waals surface area contributed by atoms with Crippen molar-refractivity contribution in [3.63, 3.8) is 0 Å². The van der Waals surface area contributed by atoms with Crippen molar-refractivity contribution in [2.24, 2.45) is 0 Å². The minimum Gasteiger partial charge on any atom is -0.384 e. The molecule has 1 aromatic rings. The number of aromatic nitrogens is 1. The first-order chi connectivity index (χ1) is 7.60. The minimum absolute atomic E-state index is 0.182. The molecule has 88 valence electrons. The lowest BCUT2D eigenvalue weighted by Gasteiger charge is -2.25. The first kappa shape index (κ1) is 11.3. The summed E-state index contributed by atoms with van der Waals surface area (Å²) in [5, 5.41) is 0. The molecular formula is C9H13N3O3S. The first-order valence-corrected chi connectivity index (χ1v) is 6.34. The third-order valence-corrected chi connectivity index (χ3v) is 4.26. The number of hydrogen-bond donors (Lipinski definition) is 1. The van der Waals surface area contributed by atoms with E-state index in [0.717, 1.165) is 0 Å². The standard InChI is InChI=1S/C9H13N3O3S/c10-9-7-8(1-2-11-9)16(13,14)12-3-5-15-6-4-12/h1-2,7H,3-6H2,(H2,10,11). The summed E-state index contributed by atoms with van der Waals surface area (Å²) in [6.45, 7) is 1.62. The first-order valence-electron chi connectivity index (χ1n) is 4.90. The van der Waals surface area contributed by atoms with E-state index < -0.39 is 10.0 Å². The topological polar surface area (TPSA) is 85.5 Å². The lowest BCUT2D eigenvalue weighted by Crippen LogP contribution is -2.40. The van der Waals surface area contributed by atoms with Gasteiger partial charge < -0.3 is 10.5 Å². The zero-order chi connectivity index (χ0) is 11.6. The van der Waals surface area contributed by atoms with Crippen LogP contribution in [0.4, 0.5) is 5.82 Å². The maximum atomic E-state index is 12.1. The molecule has 0 saturated carbocycles. The Bertz CT molecular complexity index is 469. The van der Waals surface area contributed by atoms with Crippen molar-refractivity contribution >= 4 is 15.8 Å². The van der Waals surface area contributed by atoms with Gasteiger partial charge >= 0.3 is 0 Å². The second-order valence-corrected chi connectivity index (χ2v) is 5.37. The van der Waals surface area contributed by atoms with Crippen molar-refractivity contribution in [3.8, 4) is 0 Å². The van der Waals surface area contributed by atoms with Gasteiger partial charge in [-0.3, -0.25) is 0 Å². The lowest BCUT2D eigenvalue weighted by atomic mass is 10.5. The van der Waals surface area contributed by atoms with Gasteiger partial charge in [-0.05, 0) is 6.07 Å². The van der Waals surface area contributed by atoms with E-state index in [-0.39, 0.29) is 10.7 Å². The van der Waals surface area contributed by atoms with Crippen molar-refractivity contribution in [2.45, 2.75) is 4.90 Å². The fourth-order valence-corrected chi connectivity index (χ4v) is 2.95. The molecular weight excluding hydrogens is 230 g/mol. The Morgan fingerprint density at radius 3 is 2.69 bits per heavy atom. The van der Waals surface area contributed by atoms with E-state index in [2.05, 4.69) is 4.98 Å². The molecule has 0 bridgehead atoms. The smallest absolute Gasteiger partial charge is 0.243 e. The normalized spacial score (nSPS) is 18.5. The predicted molar refractivity (Wildman–Crippen MR) is 58.2 cm³/mol. The molecule has 2 N–H and O–H groups in total. The summed E-state index contributed by atoms with van der Waals surface area (Å²) in [7, 11) is -3.45. The summed E-state index contributed by atoms with van der Waals surface area (Å²) < 4.78 is 30.8. The molecule has 1 aliphatic rings. The Labute approximate surface area is 94.1 Å². The molecule has 1 fully saturated rings. The number of nitrogens with two attached hydrogens (primary N) is 1. The van der Waals surface area contributed by atoms with Crippen molar-refractivity contribution in [1.29, 1.82) is 0 Å². The maximum absolute atomic E-state index is 12.1. The van der Waals surface area contributed by atoms with Crippen LogP contribution in [-0.2, 0) is 14.8 Å². The molecule has 2 rings (SSSR count). The third kappa shape index (κ3) is 2.16. The van der Waals surface area contributed by atoms with Crippen molar-refractivity contribution < 1.29 is 13.2 Å². The van der Waals surface area contributed by atoms with Gasteiger partial charge in [0.05, 0.1) is 18.1 Å². The van der Waals surface area contributed by atoms with E-state index in [9.17, 15) is 8.42 Å². The van der Waals surface area contributed by atoms with Crippen LogP contribution in [-0.4, -0.2) is 44.0 Å². The van der Waals surface area contributed by atoms with Gasteiger partial charge in [-0.1, -0.05) is 0 Å². The van der Waals surface area contributed by atoms with Crippen LogP contribution in [0.2, 0.25) is 0 Å². The zero-order valence-electron chi connectivity index (χ0n) is 8.67. The van der Waals surface area contributed by atoms with Gasteiger partial charge in [0.25, 0.3) is 0 Å². The Kier molecular flexibility index (Phi) is 3.08. The van der Waals surface area contributed by atoms with Crippen LogP contribution in [0.25, 0.3) is 0 Å². The summed E-state index contributed by atoms with van der Waals surface area (Å²) in [6.07, 6.45) is 1.39. The number of morpholine rings is 1. The molecule has 0 unspecified atom stereocenters. The Morgan fingerprint density at radius 1 is 1.38 bits per heavy atom. The average Bonchev–Trinajstić information content (AvgIpc) is 2.30. The average molecular weight is 243 g/mol. The number of hydrogen-bond acceptors (Lipinski definition) is 5. The Balaban J connectivity index is 2.30. The SMILES string of the molecule is Nc1cc(S(=O)(=O)N2CCOCC2)ccn1. The largest absolute Gasteiger partial charge is 0.384 e. The highest BCUT2D eigenvalue weighted by Crippen LogP contribution is 2.17. The predicted octanol–water partition coefficient (Wildman–Crippen LogP) is -0.315. The zero-order valence-corrected chi connectivity index (χ0v) is 9.48. The number of pyridine rings is 1. The molecule has 0 spiro atoms. The van der Waals surface area contributed by atoms with Gasteiger partial charge in [0.2, 0.25) is 10.0 Å². The molecule has 6 nitrogen and oxygen atoms in total. The second-order valence-electron chi connectivity index (χ2n) is 3.43. The minimum atomic E-state index is -3.45. The van der Waals surface area contributed by atoms with Crippen molar-refractivity contribution in [3.05, 3.63) is 18.3 Å². The number of sulfonamides is 1. The summed E-state index contributed by atoms with van der Waals surface area (Å²) in [5.74, 6) is 0.203. The highest BCUT2D eigenvalue weighted by atomic mass is 32.2. The number of anilines is 1. The molecule has 0 radical (unpaired) electrons. The van der Waals surface area contributed by atoms with Gasteiger partial charge in [0.15, 0.2) is 0 Å². The highest BCUT2D eigenvalue weighted by molar-refractivity contribution is 7.89. The number of rotatable bonds is 2. The van der Waals surface area contributed by atoms with Gasteiger partial charge in [-0.2, -0.15) is 4.31 Å². The maximum Gasteiger partial charge on any atom is 0.243 e. The van der Waals surface area contributed by atoms with E-state index in [1.807, 2.05) is 0 Å². The van der Waals surface area contributed by atoms with Crippen LogP contribution in [0.15, 0.2) is 23.2 Å². The lowest BCUT2D eigenvalue weighted by molar-refractivity contribution is 0.0730. The van der Waals surface area contributed by atoms with E-state index in [0.29, 0.717) is 26.3 Å². The molecule has 7 heteroatoms. The summed E-state index contributed by atoms with van der Waals surface area (Å²) in [4.78, 5) is 3.95. The van der Waals surface area contributed by atoms with Gasteiger partial charge in [-0.25, -0.2) is 13.4 Å². The quantitative estimate of drug-likeness (QED) is 0.769. The fourth-order valence-electron chi connectivity index (χ4n) is 1.52. The Hall–Kier alpha value is -1.18. The van der Waals surface area contributed by atoms with Gasteiger partial charge in [0, 0.05) is 25.4 Å². The van der Waals surface area contributed by atoms with Crippen LogP contribution in [0.5, 0.6) is 0 Å². The van der Waals surface area contributed by atoms with Crippen molar-refractivity contribution in [1.82, 2.24) is 9.29 Å². The molecule has 0 amide bonds. The van der Waals surface area contributed by atoms with Crippen LogP contribution in [0.1, 0.15) is 0 Å². The monoisotopic (exact) mass is 243 g/mol. The number of nitrogens with zero attached hydrogens (tertiary/aromatic N) is 2. The molecule has 1 saturated heterocycles. The number of nitrogen functional groups attached to an aromatic ring is 1. The highest BCUT2D eigenvalue weighted by Gasteiger charge is 2.26. The van der Waals surface area contributed by atoms with Crippen LogP contribution in [0.3, 0.4) is 0 Å². The van der Waals surface area contributed by atoms with Crippen molar-refractivity contribution in [2.75, 3.05) is 32.0 Å². The molecule has 0 atom stereocenters. The molecule has 1 aliphatic heterocycles. The van der Waals surface area contributed by atoms with E-state index in [1.165, 1.54) is 22.6 Å². The fraction of sp³-hybridized carbons (Fsp3) is 0.444. The second kappa shape index (κ2) is 4.36. The van der Waals surface area contributed by atoms with E-state index in [1.54, 1.807) is 0 Å². The molecule has 0 aromatic carbocycles. The van der Waals surface area contributed by atoms with E-state index >= 15 is 0 Å². The van der Waals surface area contributed by atoms with E-state index in [4.69, 9.17) is 10.5 Å². The molecule has 2 heterocycles. The van der Waals surface area contributed by atoms with Crippen LogP contribution >= 0.6 is 0 Å².